The molecule has 0 radical (unpaired) electrons. The van der Waals surface area contributed by atoms with Crippen molar-refractivity contribution in [2.24, 2.45) is 0 Å². The van der Waals surface area contributed by atoms with Gasteiger partial charge in [-0.1, -0.05) is 36.4 Å². The van der Waals surface area contributed by atoms with E-state index in [2.05, 4.69) is 17.3 Å². The number of rotatable bonds is 11. The van der Waals surface area contributed by atoms with Crippen molar-refractivity contribution in [2.75, 3.05) is 31.6 Å². The first-order chi connectivity index (χ1) is 16.9. The fourth-order valence-electron chi connectivity index (χ4n) is 3.88. The van der Waals surface area contributed by atoms with E-state index >= 15 is 0 Å². The second kappa shape index (κ2) is 10.9. The maximum absolute atomic E-state index is 13.8. The molecule has 0 aromatic heterocycles. The summed E-state index contributed by atoms with van der Waals surface area (Å²) in [6.45, 7) is 1.42. The molecule has 0 atom stereocenters. The van der Waals surface area contributed by atoms with Gasteiger partial charge in [0.25, 0.3) is 15.9 Å². The van der Waals surface area contributed by atoms with Gasteiger partial charge in [-0.05, 0) is 67.9 Å². The average Bonchev–Trinajstić information content (AvgIpc) is 3.74. The number of carbonyl (C=O) groups excluding carboxylic acids is 1. The fraction of sp³-hybridized carbons (Fsp3) is 0.296. The molecule has 7 nitrogen and oxygen atoms in total. The molecule has 4 rings (SSSR count). The lowest BCUT2D eigenvalue weighted by atomic mass is 10.2. The van der Waals surface area contributed by atoms with Crippen LogP contribution in [0.3, 0.4) is 0 Å². The number of ether oxygens (including phenoxy) is 1. The highest BCUT2D eigenvalue weighted by Crippen LogP contribution is 2.28. The van der Waals surface area contributed by atoms with Crippen LogP contribution in [0.1, 0.15) is 28.8 Å². The first-order valence-corrected chi connectivity index (χ1v) is 13.1. The molecular weight excluding hydrogens is 462 g/mol. The van der Waals surface area contributed by atoms with Crippen LogP contribution < -0.4 is 14.4 Å². The normalized spacial score (nSPS) is 13.5. The van der Waals surface area contributed by atoms with Crippen molar-refractivity contribution < 1.29 is 17.9 Å². The van der Waals surface area contributed by atoms with Crippen molar-refractivity contribution in [3.05, 3.63) is 90.0 Å². The highest BCUT2D eigenvalue weighted by molar-refractivity contribution is 7.92. The van der Waals surface area contributed by atoms with Crippen molar-refractivity contribution >= 4 is 21.6 Å². The van der Waals surface area contributed by atoms with E-state index in [1.807, 2.05) is 30.3 Å². The van der Waals surface area contributed by atoms with Crippen LogP contribution in [0.25, 0.3) is 0 Å². The number of hydrogen-bond acceptors (Lipinski definition) is 5. The van der Waals surface area contributed by atoms with Gasteiger partial charge in [-0.25, -0.2) is 8.42 Å². The summed E-state index contributed by atoms with van der Waals surface area (Å²) in [7, 11) is -0.344. The van der Waals surface area contributed by atoms with Crippen LogP contribution in [0.15, 0.2) is 83.8 Å². The molecule has 0 heterocycles. The molecule has 1 N–H and O–H groups in total. The Kier molecular flexibility index (Phi) is 7.73. The highest BCUT2D eigenvalue weighted by atomic mass is 32.2. The summed E-state index contributed by atoms with van der Waals surface area (Å²) in [5.41, 5.74) is 1.67. The average molecular weight is 494 g/mol. The van der Waals surface area contributed by atoms with Crippen molar-refractivity contribution in [3.8, 4) is 5.75 Å². The molecule has 0 aliphatic heterocycles. The Balaban J connectivity index is 1.57. The van der Waals surface area contributed by atoms with Gasteiger partial charge in [-0.2, -0.15) is 0 Å². The van der Waals surface area contributed by atoms with E-state index in [1.165, 1.54) is 29.3 Å². The number of likely N-dealkylation sites (N-methyl/N-ethyl adjacent to an activating group) is 1. The number of carbonyl (C=O) groups is 1. The van der Waals surface area contributed by atoms with Crippen LogP contribution in [-0.2, 0) is 16.6 Å². The van der Waals surface area contributed by atoms with Crippen LogP contribution in [0.2, 0.25) is 0 Å². The molecule has 1 aliphatic rings. The van der Waals surface area contributed by atoms with E-state index in [-0.39, 0.29) is 17.3 Å². The van der Waals surface area contributed by atoms with Gasteiger partial charge in [0.1, 0.15) is 5.75 Å². The lowest BCUT2D eigenvalue weighted by Gasteiger charge is -2.25. The maximum Gasteiger partial charge on any atom is 0.264 e. The lowest BCUT2D eigenvalue weighted by molar-refractivity contribution is 0.0949. The quantitative estimate of drug-likeness (QED) is 0.438. The monoisotopic (exact) mass is 493 g/mol. The van der Waals surface area contributed by atoms with Gasteiger partial charge in [0.05, 0.1) is 24.2 Å². The van der Waals surface area contributed by atoms with Crippen LogP contribution in [0, 0.1) is 0 Å². The van der Waals surface area contributed by atoms with E-state index < -0.39 is 10.0 Å². The zero-order chi connectivity index (χ0) is 24.8. The van der Waals surface area contributed by atoms with Gasteiger partial charge in [0.2, 0.25) is 0 Å². The predicted molar refractivity (Wildman–Crippen MR) is 137 cm³/mol. The van der Waals surface area contributed by atoms with Gasteiger partial charge in [0.15, 0.2) is 0 Å². The maximum atomic E-state index is 13.8. The Morgan fingerprint density at radius 1 is 1.00 bits per heavy atom. The minimum Gasteiger partial charge on any atom is -0.497 e. The van der Waals surface area contributed by atoms with E-state index in [0.29, 0.717) is 29.6 Å². The van der Waals surface area contributed by atoms with Crippen molar-refractivity contribution in [1.82, 2.24) is 10.2 Å². The van der Waals surface area contributed by atoms with E-state index in [0.717, 1.165) is 12.1 Å². The first-order valence-electron chi connectivity index (χ1n) is 11.7. The number of amides is 1. The molecule has 0 saturated heterocycles. The smallest absolute Gasteiger partial charge is 0.264 e. The minimum atomic E-state index is -3.96. The van der Waals surface area contributed by atoms with Gasteiger partial charge in [0, 0.05) is 24.7 Å². The third-order valence-corrected chi connectivity index (χ3v) is 7.90. The summed E-state index contributed by atoms with van der Waals surface area (Å²) < 4.78 is 34.2. The number of anilines is 1. The molecule has 0 spiro atoms. The van der Waals surface area contributed by atoms with E-state index in [9.17, 15) is 13.2 Å². The van der Waals surface area contributed by atoms with Crippen LogP contribution in [0.4, 0.5) is 5.69 Å². The molecular formula is C27H31N3O4S. The molecule has 0 unspecified atom stereocenters. The molecule has 1 saturated carbocycles. The second-order valence-corrected chi connectivity index (χ2v) is 10.6. The molecule has 3 aromatic carbocycles. The third-order valence-electron chi connectivity index (χ3n) is 6.13. The van der Waals surface area contributed by atoms with Crippen molar-refractivity contribution in [1.29, 1.82) is 0 Å². The molecule has 184 valence electrons. The number of hydrogen-bond donors (Lipinski definition) is 1. The number of nitrogens with one attached hydrogen (secondary N) is 1. The minimum absolute atomic E-state index is 0.0620. The highest BCUT2D eigenvalue weighted by Gasteiger charge is 2.27. The van der Waals surface area contributed by atoms with Crippen LogP contribution >= 0.6 is 0 Å². The summed E-state index contributed by atoms with van der Waals surface area (Å²) in [6.07, 6.45) is 2.41. The second-order valence-electron chi connectivity index (χ2n) is 8.69. The number of nitrogens with zero attached hydrogens (tertiary/aromatic N) is 2. The topological polar surface area (TPSA) is 78.9 Å². The molecule has 1 fully saturated rings. The Morgan fingerprint density at radius 3 is 2.37 bits per heavy atom. The molecule has 8 heteroatoms. The van der Waals surface area contributed by atoms with Crippen molar-refractivity contribution in [2.45, 2.75) is 30.3 Å². The molecule has 35 heavy (non-hydrogen) atoms. The van der Waals surface area contributed by atoms with Gasteiger partial charge in [-0.15, -0.1) is 0 Å². The Morgan fingerprint density at radius 2 is 1.71 bits per heavy atom. The fourth-order valence-corrected chi connectivity index (χ4v) is 5.38. The van der Waals surface area contributed by atoms with Gasteiger partial charge < -0.3 is 15.0 Å². The van der Waals surface area contributed by atoms with Crippen molar-refractivity contribution in [3.63, 3.8) is 0 Å². The standard InChI is InChI=1S/C27H31N3O4S/c1-29(23-11-12-23)18-17-28-27(31)22-9-6-10-26(19-22)35(32,33)30(20-21-7-4-3-5-8-21)24-13-15-25(34-2)16-14-24/h3-10,13-16,19,23H,11-12,17-18,20H2,1-2H3,(H,28,31). The molecule has 1 amide bonds. The number of sulfonamides is 1. The summed E-state index contributed by atoms with van der Waals surface area (Å²) in [5, 5.41) is 2.90. The van der Waals surface area contributed by atoms with E-state index in [1.54, 1.807) is 43.5 Å². The van der Waals surface area contributed by atoms with Gasteiger partial charge in [-0.3, -0.25) is 9.10 Å². The predicted octanol–water partition coefficient (Wildman–Crippen LogP) is 3.91. The van der Waals surface area contributed by atoms with E-state index in [4.69, 9.17) is 4.74 Å². The lowest BCUT2D eigenvalue weighted by Crippen LogP contribution is -2.34. The summed E-state index contributed by atoms with van der Waals surface area (Å²) in [4.78, 5) is 15.0. The Labute approximate surface area is 207 Å². The zero-order valence-electron chi connectivity index (χ0n) is 20.1. The molecule has 3 aromatic rings. The van der Waals surface area contributed by atoms with Crippen LogP contribution in [0.5, 0.6) is 5.75 Å². The third kappa shape index (κ3) is 6.21. The molecule has 1 aliphatic carbocycles. The SMILES string of the molecule is COc1ccc(N(Cc2ccccc2)S(=O)(=O)c2cccc(C(=O)NCCN(C)C3CC3)c2)cc1. The Bertz CT molecular complexity index is 1240. The summed E-state index contributed by atoms with van der Waals surface area (Å²) in [6, 6.07) is 23.1. The first kappa shape index (κ1) is 24.8. The van der Waals surface area contributed by atoms with Gasteiger partial charge >= 0.3 is 0 Å². The summed E-state index contributed by atoms with van der Waals surface area (Å²) in [5.74, 6) is 0.349. The van der Waals surface area contributed by atoms with Crippen LogP contribution in [-0.4, -0.2) is 52.5 Å². The molecule has 0 bridgehead atoms. The Hall–Kier alpha value is -3.36. The number of methoxy groups -OCH3 is 1. The number of benzene rings is 3. The summed E-state index contributed by atoms with van der Waals surface area (Å²) >= 11 is 0. The largest absolute Gasteiger partial charge is 0.497 e. The zero-order valence-corrected chi connectivity index (χ0v) is 20.9.